The summed E-state index contributed by atoms with van der Waals surface area (Å²) in [7, 11) is 0. The number of aromatic nitrogens is 2. The Balaban J connectivity index is 1.68. The fraction of sp³-hybridized carbons (Fsp3) is 0.0588. The zero-order valence-electron chi connectivity index (χ0n) is 12.1. The number of hydrogen-bond acceptors (Lipinski definition) is 5. The van der Waals surface area contributed by atoms with Gasteiger partial charge < -0.3 is 0 Å². The standard InChI is InChI=1S/C17H13N3O2S/c21-20(22)15-8-6-14(7-9-15)16-10-11-17(19-18-16)23-12-13-4-2-1-3-5-13/h1-11H,12H2. The zero-order chi connectivity index (χ0) is 16.1. The highest BCUT2D eigenvalue weighted by atomic mass is 32.2. The zero-order valence-corrected chi connectivity index (χ0v) is 12.9. The first-order chi connectivity index (χ1) is 11.2. The normalized spacial score (nSPS) is 10.4. The van der Waals surface area contributed by atoms with Gasteiger partial charge in [-0.2, -0.15) is 0 Å². The Hall–Kier alpha value is -2.73. The monoisotopic (exact) mass is 323 g/mol. The van der Waals surface area contributed by atoms with E-state index in [1.807, 2.05) is 30.3 Å². The van der Waals surface area contributed by atoms with E-state index >= 15 is 0 Å². The third-order valence-electron chi connectivity index (χ3n) is 3.24. The molecule has 1 aromatic heterocycles. The van der Waals surface area contributed by atoms with Crippen LogP contribution in [0.2, 0.25) is 0 Å². The molecule has 0 unspecified atom stereocenters. The van der Waals surface area contributed by atoms with Crippen LogP contribution in [0, 0.1) is 10.1 Å². The lowest BCUT2D eigenvalue weighted by atomic mass is 10.1. The molecule has 0 aliphatic carbocycles. The van der Waals surface area contributed by atoms with Crippen LogP contribution in [-0.4, -0.2) is 15.1 Å². The lowest BCUT2D eigenvalue weighted by Gasteiger charge is -2.03. The Morgan fingerprint density at radius 2 is 1.65 bits per heavy atom. The molecular weight excluding hydrogens is 310 g/mol. The molecule has 2 aromatic carbocycles. The van der Waals surface area contributed by atoms with Crippen molar-refractivity contribution in [2.45, 2.75) is 10.8 Å². The van der Waals surface area contributed by atoms with Crippen LogP contribution in [0.4, 0.5) is 5.69 Å². The number of nitro groups is 1. The van der Waals surface area contributed by atoms with Crippen molar-refractivity contribution >= 4 is 17.4 Å². The van der Waals surface area contributed by atoms with Crippen molar-refractivity contribution in [3.05, 3.63) is 82.4 Å². The number of nitrogens with zero attached hydrogens (tertiary/aromatic N) is 3. The summed E-state index contributed by atoms with van der Waals surface area (Å²) in [5.74, 6) is 0.840. The molecule has 0 saturated heterocycles. The maximum absolute atomic E-state index is 10.7. The van der Waals surface area contributed by atoms with Crippen LogP contribution in [0.5, 0.6) is 0 Å². The molecule has 23 heavy (non-hydrogen) atoms. The van der Waals surface area contributed by atoms with E-state index in [1.165, 1.54) is 17.7 Å². The number of benzene rings is 2. The summed E-state index contributed by atoms with van der Waals surface area (Å²) in [4.78, 5) is 10.2. The molecule has 5 nitrogen and oxygen atoms in total. The first kappa shape index (κ1) is 15.2. The Morgan fingerprint density at radius 1 is 0.913 bits per heavy atom. The van der Waals surface area contributed by atoms with Crippen LogP contribution in [0.25, 0.3) is 11.3 Å². The summed E-state index contributed by atoms with van der Waals surface area (Å²) in [5, 5.41) is 19.9. The van der Waals surface area contributed by atoms with E-state index in [0.717, 1.165) is 16.3 Å². The molecule has 0 atom stereocenters. The minimum absolute atomic E-state index is 0.0664. The predicted octanol–water partition coefficient (Wildman–Crippen LogP) is 4.34. The second-order valence-corrected chi connectivity index (χ2v) is 5.83. The molecule has 0 saturated carbocycles. The largest absolute Gasteiger partial charge is 0.269 e. The van der Waals surface area contributed by atoms with Gasteiger partial charge in [-0.25, -0.2) is 0 Å². The Bertz CT molecular complexity index is 790. The molecule has 1 heterocycles. The van der Waals surface area contributed by atoms with Crippen molar-refractivity contribution in [2.24, 2.45) is 0 Å². The topological polar surface area (TPSA) is 68.9 Å². The maximum Gasteiger partial charge on any atom is 0.269 e. The van der Waals surface area contributed by atoms with Gasteiger partial charge in [0, 0.05) is 23.4 Å². The third-order valence-corrected chi connectivity index (χ3v) is 4.23. The van der Waals surface area contributed by atoms with E-state index in [0.29, 0.717) is 5.69 Å². The van der Waals surface area contributed by atoms with Crippen molar-refractivity contribution in [1.82, 2.24) is 10.2 Å². The minimum Gasteiger partial charge on any atom is -0.258 e. The fourth-order valence-electron chi connectivity index (χ4n) is 2.04. The van der Waals surface area contributed by atoms with Crippen molar-refractivity contribution < 1.29 is 4.92 Å². The van der Waals surface area contributed by atoms with Crippen molar-refractivity contribution in [1.29, 1.82) is 0 Å². The van der Waals surface area contributed by atoms with E-state index in [2.05, 4.69) is 22.3 Å². The van der Waals surface area contributed by atoms with Gasteiger partial charge in [0.1, 0.15) is 5.03 Å². The van der Waals surface area contributed by atoms with Crippen LogP contribution in [0.1, 0.15) is 5.56 Å². The number of non-ortho nitro benzene ring substituents is 1. The average Bonchev–Trinajstić information content (AvgIpc) is 2.61. The van der Waals surface area contributed by atoms with E-state index < -0.39 is 4.92 Å². The highest BCUT2D eigenvalue weighted by Gasteiger charge is 2.07. The molecule has 0 aliphatic rings. The van der Waals surface area contributed by atoms with Crippen LogP contribution < -0.4 is 0 Å². The summed E-state index contributed by atoms with van der Waals surface area (Å²) >= 11 is 1.62. The number of hydrogen-bond donors (Lipinski definition) is 0. The van der Waals surface area contributed by atoms with Gasteiger partial charge in [-0.05, 0) is 29.8 Å². The smallest absolute Gasteiger partial charge is 0.258 e. The predicted molar refractivity (Wildman–Crippen MR) is 90.1 cm³/mol. The molecule has 3 rings (SSSR count). The molecule has 0 amide bonds. The van der Waals surface area contributed by atoms with Crippen LogP contribution in [-0.2, 0) is 5.75 Å². The summed E-state index contributed by atoms with van der Waals surface area (Å²) in [5.41, 5.74) is 2.81. The van der Waals surface area contributed by atoms with E-state index in [9.17, 15) is 10.1 Å². The van der Waals surface area contributed by atoms with Gasteiger partial charge >= 0.3 is 0 Å². The lowest BCUT2D eigenvalue weighted by Crippen LogP contribution is -1.91. The number of rotatable bonds is 5. The van der Waals surface area contributed by atoms with Gasteiger partial charge in [0.15, 0.2) is 0 Å². The summed E-state index contributed by atoms with van der Waals surface area (Å²) < 4.78 is 0. The third kappa shape index (κ3) is 3.92. The molecule has 3 aromatic rings. The van der Waals surface area contributed by atoms with Gasteiger partial charge in [-0.1, -0.05) is 42.1 Å². The Kier molecular flexibility index (Phi) is 4.63. The van der Waals surface area contributed by atoms with Crippen molar-refractivity contribution in [2.75, 3.05) is 0 Å². The minimum atomic E-state index is -0.418. The summed E-state index contributed by atoms with van der Waals surface area (Å²) in [6.45, 7) is 0. The van der Waals surface area contributed by atoms with E-state index in [1.54, 1.807) is 23.9 Å². The first-order valence-electron chi connectivity index (χ1n) is 6.98. The highest BCUT2D eigenvalue weighted by Crippen LogP contribution is 2.24. The van der Waals surface area contributed by atoms with Gasteiger partial charge in [0.2, 0.25) is 0 Å². The second kappa shape index (κ2) is 7.02. The quantitative estimate of drug-likeness (QED) is 0.397. The average molecular weight is 323 g/mol. The second-order valence-electron chi connectivity index (χ2n) is 4.84. The number of thioether (sulfide) groups is 1. The SMILES string of the molecule is O=[N+]([O-])c1ccc(-c2ccc(SCc3ccccc3)nn2)cc1. The molecule has 0 fully saturated rings. The molecule has 0 N–H and O–H groups in total. The molecule has 0 bridgehead atoms. The number of nitro benzene ring substituents is 1. The molecule has 6 heteroatoms. The van der Waals surface area contributed by atoms with Gasteiger partial charge in [-0.3, -0.25) is 10.1 Å². The fourth-order valence-corrected chi connectivity index (χ4v) is 2.81. The van der Waals surface area contributed by atoms with Crippen molar-refractivity contribution in [3.63, 3.8) is 0 Å². The van der Waals surface area contributed by atoms with Gasteiger partial charge in [0.25, 0.3) is 5.69 Å². The molecular formula is C17H13N3O2S. The van der Waals surface area contributed by atoms with Gasteiger partial charge in [-0.15, -0.1) is 10.2 Å². The van der Waals surface area contributed by atoms with Crippen LogP contribution in [0.3, 0.4) is 0 Å². The van der Waals surface area contributed by atoms with E-state index in [4.69, 9.17) is 0 Å². The summed E-state index contributed by atoms with van der Waals surface area (Å²) in [6, 6.07) is 20.3. The molecule has 0 aliphatic heterocycles. The summed E-state index contributed by atoms with van der Waals surface area (Å²) in [6.07, 6.45) is 0. The van der Waals surface area contributed by atoms with Crippen molar-refractivity contribution in [3.8, 4) is 11.3 Å². The highest BCUT2D eigenvalue weighted by molar-refractivity contribution is 7.98. The maximum atomic E-state index is 10.7. The van der Waals surface area contributed by atoms with Gasteiger partial charge in [0.05, 0.1) is 10.6 Å². The Morgan fingerprint density at radius 3 is 2.26 bits per heavy atom. The Labute approximate surface area is 137 Å². The van der Waals surface area contributed by atoms with E-state index in [-0.39, 0.29) is 5.69 Å². The molecule has 0 spiro atoms. The van der Waals surface area contributed by atoms with Crippen LogP contribution in [0.15, 0.2) is 71.8 Å². The molecule has 114 valence electrons. The van der Waals surface area contributed by atoms with Crippen LogP contribution >= 0.6 is 11.8 Å². The lowest BCUT2D eigenvalue weighted by molar-refractivity contribution is -0.384. The first-order valence-corrected chi connectivity index (χ1v) is 7.96. The molecule has 0 radical (unpaired) electrons.